The molecule has 1 fully saturated rings. The lowest BCUT2D eigenvalue weighted by Gasteiger charge is -2.34. The van der Waals surface area contributed by atoms with Crippen molar-refractivity contribution in [3.8, 4) is 0 Å². The maximum absolute atomic E-state index is 14.2. The van der Waals surface area contributed by atoms with Crippen molar-refractivity contribution in [2.45, 2.75) is 75.7 Å². The van der Waals surface area contributed by atoms with Gasteiger partial charge in [-0.1, -0.05) is 73.3 Å². The summed E-state index contributed by atoms with van der Waals surface area (Å²) in [5.74, 6) is -1.15. The van der Waals surface area contributed by atoms with Gasteiger partial charge in [-0.15, -0.1) is 0 Å². The lowest BCUT2D eigenvalue weighted by Crippen LogP contribution is -2.53. The molecule has 12 heteroatoms. The molecule has 0 spiro atoms. The van der Waals surface area contributed by atoms with E-state index in [1.165, 1.54) is 23.1 Å². The summed E-state index contributed by atoms with van der Waals surface area (Å²) in [5.41, 5.74) is -0.103. The fourth-order valence-electron chi connectivity index (χ4n) is 5.30. The summed E-state index contributed by atoms with van der Waals surface area (Å²) < 4.78 is 69.6. The first-order valence-electron chi connectivity index (χ1n) is 14.4. The minimum absolute atomic E-state index is 0.0302. The Morgan fingerprint density at radius 2 is 1.66 bits per heavy atom. The Morgan fingerprint density at radius 3 is 2.27 bits per heavy atom. The predicted molar refractivity (Wildman–Crippen MR) is 164 cm³/mol. The Balaban J connectivity index is 1.77. The van der Waals surface area contributed by atoms with E-state index in [1.807, 2.05) is 0 Å². The smallest absolute Gasteiger partial charge is 0.352 e. The Morgan fingerprint density at radius 1 is 1.00 bits per heavy atom. The molecule has 0 saturated heterocycles. The van der Waals surface area contributed by atoms with E-state index in [-0.39, 0.29) is 35.5 Å². The summed E-state index contributed by atoms with van der Waals surface area (Å²) in [6.45, 7) is 2.53. The lowest BCUT2D eigenvalue weighted by atomic mass is 10.1. The molecule has 1 saturated carbocycles. The minimum atomic E-state index is -4.75. The normalized spacial score (nSPS) is 14.7. The molecule has 0 bridgehead atoms. The number of carbonyl (C=O) groups excluding carboxylic acids is 2. The highest BCUT2D eigenvalue weighted by molar-refractivity contribution is 7.92. The summed E-state index contributed by atoms with van der Waals surface area (Å²) in [6, 6.07) is 15.4. The van der Waals surface area contributed by atoms with Crippen molar-refractivity contribution in [2.24, 2.45) is 0 Å². The van der Waals surface area contributed by atoms with Crippen LogP contribution in [-0.4, -0.2) is 43.8 Å². The fraction of sp³-hybridized carbons (Fsp3) is 0.375. The molecule has 2 amide bonds. The maximum atomic E-state index is 14.2. The molecule has 4 rings (SSSR count). The molecule has 7 nitrogen and oxygen atoms in total. The Labute approximate surface area is 261 Å². The number of carbonyl (C=O) groups is 2. The number of alkyl halides is 3. The molecule has 3 aromatic carbocycles. The summed E-state index contributed by atoms with van der Waals surface area (Å²) in [4.78, 5) is 28.8. The van der Waals surface area contributed by atoms with Gasteiger partial charge in [0.05, 0.1) is 16.1 Å². The topological polar surface area (TPSA) is 86.8 Å². The van der Waals surface area contributed by atoms with Crippen LogP contribution < -0.4 is 9.62 Å². The van der Waals surface area contributed by atoms with Gasteiger partial charge < -0.3 is 10.2 Å². The van der Waals surface area contributed by atoms with Crippen molar-refractivity contribution in [3.63, 3.8) is 0 Å². The average molecular weight is 650 g/mol. The molecule has 236 valence electrons. The molecule has 0 radical (unpaired) electrons. The van der Waals surface area contributed by atoms with Crippen molar-refractivity contribution in [3.05, 3.63) is 94.5 Å². The number of amides is 2. The van der Waals surface area contributed by atoms with E-state index in [0.717, 1.165) is 43.4 Å². The highest BCUT2D eigenvalue weighted by atomic mass is 35.5. The van der Waals surface area contributed by atoms with Crippen LogP contribution in [0.15, 0.2) is 77.7 Å². The zero-order chi connectivity index (χ0) is 32.1. The summed E-state index contributed by atoms with van der Waals surface area (Å²) >= 11 is 6.41. The Bertz CT molecular complexity index is 1580. The van der Waals surface area contributed by atoms with Crippen LogP contribution in [0.1, 0.15) is 55.7 Å². The van der Waals surface area contributed by atoms with Crippen molar-refractivity contribution < 1.29 is 31.2 Å². The molecule has 1 N–H and O–H groups in total. The third-order valence-electron chi connectivity index (χ3n) is 7.74. The third kappa shape index (κ3) is 7.92. The Hall–Kier alpha value is -3.57. The third-order valence-corrected chi connectivity index (χ3v) is 9.89. The number of anilines is 1. The van der Waals surface area contributed by atoms with Crippen molar-refractivity contribution in [1.29, 1.82) is 0 Å². The monoisotopic (exact) mass is 649 g/mol. The van der Waals surface area contributed by atoms with E-state index in [0.29, 0.717) is 21.0 Å². The quantitative estimate of drug-likeness (QED) is 0.250. The van der Waals surface area contributed by atoms with Gasteiger partial charge in [0.15, 0.2) is 0 Å². The molecule has 0 aliphatic heterocycles. The van der Waals surface area contributed by atoms with Crippen LogP contribution in [0.3, 0.4) is 0 Å². The van der Waals surface area contributed by atoms with Crippen LogP contribution in [0, 0.1) is 6.92 Å². The number of nitrogens with one attached hydrogen (secondary N) is 1. The molecule has 1 atom stereocenters. The SMILES string of the molecule is CCC(C(=O)NC1CCCC1)N(Cc1ccccc1Cl)C(=O)CN(c1cccc(C(F)(F)F)c1)S(=O)(=O)c1ccc(C)cc1. The average Bonchev–Trinajstić information content (AvgIpc) is 3.49. The zero-order valence-electron chi connectivity index (χ0n) is 24.5. The number of aryl methyl sites for hydroxylation is 1. The lowest BCUT2D eigenvalue weighted by molar-refractivity contribution is -0.140. The number of sulfonamides is 1. The second kappa shape index (κ2) is 14.0. The molecule has 1 unspecified atom stereocenters. The van der Waals surface area contributed by atoms with Crippen LogP contribution in [0.4, 0.5) is 18.9 Å². The van der Waals surface area contributed by atoms with Crippen molar-refractivity contribution >= 4 is 39.1 Å². The van der Waals surface area contributed by atoms with Gasteiger partial charge in [-0.2, -0.15) is 13.2 Å². The van der Waals surface area contributed by atoms with Crippen molar-refractivity contribution in [2.75, 3.05) is 10.8 Å². The number of nitrogens with zero attached hydrogens (tertiary/aromatic N) is 2. The van der Waals surface area contributed by atoms with Gasteiger partial charge in [0, 0.05) is 17.6 Å². The van der Waals surface area contributed by atoms with Crippen LogP contribution in [0.2, 0.25) is 5.02 Å². The second-order valence-corrected chi connectivity index (χ2v) is 13.2. The number of hydrogen-bond donors (Lipinski definition) is 1. The van der Waals surface area contributed by atoms with Gasteiger partial charge in [-0.05, 0) is 68.1 Å². The largest absolute Gasteiger partial charge is 0.416 e. The molecule has 0 heterocycles. The first-order chi connectivity index (χ1) is 20.8. The van der Waals surface area contributed by atoms with E-state index in [2.05, 4.69) is 5.32 Å². The van der Waals surface area contributed by atoms with Gasteiger partial charge in [-0.3, -0.25) is 13.9 Å². The number of halogens is 4. The highest BCUT2D eigenvalue weighted by Crippen LogP contribution is 2.33. The van der Waals surface area contributed by atoms with Crippen LogP contribution in [0.25, 0.3) is 0 Å². The van der Waals surface area contributed by atoms with E-state index >= 15 is 0 Å². The zero-order valence-corrected chi connectivity index (χ0v) is 26.1. The first-order valence-corrected chi connectivity index (χ1v) is 16.2. The van der Waals surface area contributed by atoms with E-state index in [9.17, 15) is 31.2 Å². The molecule has 1 aliphatic rings. The summed E-state index contributed by atoms with van der Waals surface area (Å²) in [6.07, 6.45) is -0.943. The van der Waals surface area contributed by atoms with Crippen LogP contribution in [0.5, 0.6) is 0 Å². The minimum Gasteiger partial charge on any atom is -0.352 e. The van der Waals surface area contributed by atoms with E-state index in [1.54, 1.807) is 50.2 Å². The maximum Gasteiger partial charge on any atom is 0.416 e. The van der Waals surface area contributed by atoms with Gasteiger partial charge in [0.2, 0.25) is 11.8 Å². The molecular weight excluding hydrogens is 615 g/mol. The number of benzene rings is 3. The second-order valence-electron chi connectivity index (χ2n) is 10.9. The molecule has 1 aliphatic carbocycles. The van der Waals surface area contributed by atoms with Crippen molar-refractivity contribution in [1.82, 2.24) is 10.2 Å². The van der Waals surface area contributed by atoms with Gasteiger partial charge in [0.1, 0.15) is 12.6 Å². The first kappa shape index (κ1) is 33.3. The molecular formula is C32H35ClF3N3O4S. The number of hydrogen-bond acceptors (Lipinski definition) is 4. The predicted octanol–water partition coefficient (Wildman–Crippen LogP) is 6.73. The van der Waals surface area contributed by atoms with E-state index in [4.69, 9.17) is 11.6 Å². The molecule has 3 aromatic rings. The van der Waals surface area contributed by atoms with Gasteiger partial charge in [-0.25, -0.2) is 8.42 Å². The van der Waals surface area contributed by atoms with Gasteiger partial charge >= 0.3 is 6.18 Å². The summed E-state index contributed by atoms with van der Waals surface area (Å²) in [5, 5.41) is 3.36. The standard InChI is InChI=1S/C32H35ClF3N3O4S/c1-3-29(31(41)37-25-11-5-6-12-25)38(20-23-9-4-7-14-28(23)33)30(40)21-39(26-13-8-10-24(19-26)32(34,35)36)44(42,43)27-17-15-22(2)16-18-27/h4,7-10,13-19,25,29H,3,5-6,11-12,20-21H2,1-2H3,(H,37,41). The van der Waals surface area contributed by atoms with Crippen LogP contribution in [-0.2, 0) is 32.3 Å². The highest BCUT2D eigenvalue weighted by Gasteiger charge is 2.36. The van der Waals surface area contributed by atoms with Gasteiger partial charge in [0.25, 0.3) is 10.0 Å². The molecule has 44 heavy (non-hydrogen) atoms. The Kier molecular flexibility index (Phi) is 10.6. The summed E-state index contributed by atoms with van der Waals surface area (Å²) in [7, 11) is -4.52. The molecule has 0 aromatic heterocycles. The fourth-order valence-corrected chi connectivity index (χ4v) is 6.90. The van der Waals surface area contributed by atoms with E-state index < -0.39 is 40.3 Å². The van der Waals surface area contributed by atoms with Crippen LogP contribution >= 0.6 is 11.6 Å². The number of rotatable bonds is 11.